The summed E-state index contributed by atoms with van der Waals surface area (Å²) >= 11 is 0. The Hall–Kier alpha value is -1.91. The lowest BCUT2D eigenvalue weighted by Gasteiger charge is -2.26. The van der Waals surface area contributed by atoms with Gasteiger partial charge in [-0.3, -0.25) is 4.68 Å². The number of hydrogen-bond acceptors (Lipinski definition) is 2. The zero-order valence-electron chi connectivity index (χ0n) is 11.9. The van der Waals surface area contributed by atoms with Crippen molar-refractivity contribution in [3.05, 3.63) is 47.8 Å². The predicted octanol–water partition coefficient (Wildman–Crippen LogP) is 3.79. The standard InChI is InChI=1S/C15H19F2N3/c1-4-12-13(10-20(3)19-12)18-14(15(2,16)17)11-8-6-5-7-9-11/h5-10,14,18H,4H2,1-3H3. The third-order valence-electron chi connectivity index (χ3n) is 3.18. The highest BCUT2D eigenvalue weighted by Gasteiger charge is 2.35. The molecule has 1 aromatic heterocycles. The lowest BCUT2D eigenvalue weighted by molar-refractivity contribution is 0.000749. The number of nitrogens with one attached hydrogen (secondary N) is 1. The number of benzene rings is 1. The number of halogens is 2. The average molecular weight is 279 g/mol. The molecule has 1 heterocycles. The summed E-state index contributed by atoms with van der Waals surface area (Å²) in [5, 5.41) is 7.21. The Morgan fingerprint density at radius 2 is 1.95 bits per heavy atom. The number of aryl methyl sites for hydroxylation is 2. The number of aromatic nitrogens is 2. The van der Waals surface area contributed by atoms with Gasteiger partial charge in [-0.1, -0.05) is 37.3 Å². The van der Waals surface area contributed by atoms with E-state index < -0.39 is 12.0 Å². The molecule has 0 radical (unpaired) electrons. The van der Waals surface area contributed by atoms with Crippen molar-refractivity contribution >= 4 is 5.69 Å². The van der Waals surface area contributed by atoms with Crippen molar-refractivity contribution in [2.45, 2.75) is 32.2 Å². The van der Waals surface area contributed by atoms with Gasteiger partial charge in [-0.15, -0.1) is 0 Å². The van der Waals surface area contributed by atoms with Gasteiger partial charge in [0.25, 0.3) is 5.92 Å². The quantitative estimate of drug-likeness (QED) is 0.902. The van der Waals surface area contributed by atoms with Crippen LogP contribution in [-0.4, -0.2) is 15.7 Å². The molecule has 108 valence electrons. The highest BCUT2D eigenvalue weighted by molar-refractivity contribution is 5.49. The van der Waals surface area contributed by atoms with E-state index in [9.17, 15) is 8.78 Å². The summed E-state index contributed by atoms with van der Waals surface area (Å²) in [6, 6.07) is 7.68. The molecule has 1 N–H and O–H groups in total. The van der Waals surface area contributed by atoms with Gasteiger partial charge in [-0.2, -0.15) is 5.10 Å². The van der Waals surface area contributed by atoms with Gasteiger partial charge in [0.1, 0.15) is 6.04 Å². The summed E-state index contributed by atoms with van der Waals surface area (Å²) in [6.45, 7) is 2.88. The summed E-state index contributed by atoms with van der Waals surface area (Å²) in [5.74, 6) is -2.87. The van der Waals surface area contributed by atoms with Crippen molar-refractivity contribution in [2.24, 2.45) is 7.05 Å². The molecule has 2 aromatic rings. The third-order valence-corrected chi connectivity index (χ3v) is 3.18. The highest BCUT2D eigenvalue weighted by Crippen LogP contribution is 2.34. The number of anilines is 1. The van der Waals surface area contributed by atoms with Crippen molar-refractivity contribution in [3.63, 3.8) is 0 Å². The molecule has 0 fully saturated rings. The molecule has 5 heteroatoms. The maximum absolute atomic E-state index is 13.9. The summed E-state index contributed by atoms with van der Waals surface area (Å²) in [4.78, 5) is 0. The lowest BCUT2D eigenvalue weighted by atomic mass is 10.0. The Morgan fingerprint density at radius 1 is 1.30 bits per heavy atom. The number of rotatable bonds is 5. The molecule has 0 aliphatic rings. The minimum absolute atomic E-state index is 0.561. The number of hydrogen-bond donors (Lipinski definition) is 1. The van der Waals surface area contributed by atoms with Crippen molar-refractivity contribution in [2.75, 3.05) is 5.32 Å². The lowest BCUT2D eigenvalue weighted by Crippen LogP contribution is -2.29. The first-order valence-electron chi connectivity index (χ1n) is 6.63. The first-order chi connectivity index (χ1) is 9.41. The second-order valence-corrected chi connectivity index (χ2v) is 4.96. The molecule has 2 rings (SSSR count). The van der Waals surface area contributed by atoms with Gasteiger partial charge in [-0.25, -0.2) is 8.78 Å². The molecular formula is C15H19F2N3. The molecule has 0 amide bonds. The van der Waals surface area contributed by atoms with Crippen LogP contribution in [0.3, 0.4) is 0 Å². The molecule has 1 atom stereocenters. The van der Waals surface area contributed by atoms with Gasteiger partial charge < -0.3 is 5.32 Å². The molecule has 0 spiro atoms. The normalized spacial score (nSPS) is 13.2. The van der Waals surface area contributed by atoms with Crippen LogP contribution in [0.5, 0.6) is 0 Å². The summed E-state index contributed by atoms with van der Waals surface area (Å²) in [5.41, 5.74) is 2.01. The van der Waals surface area contributed by atoms with E-state index in [4.69, 9.17) is 0 Å². The van der Waals surface area contributed by atoms with Crippen LogP contribution >= 0.6 is 0 Å². The van der Waals surface area contributed by atoms with Gasteiger partial charge in [0.2, 0.25) is 0 Å². The van der Waals surface area contributed by atoms with Gasteiger partial charge in [0.15, 0.2) is 0 Å². The van der Waals surface area contributed by atoms with Crippen LogP contribution in [0, 0.1) is 0 Å². The monoisotopic (exact) mass is 279 g/mol. The van der Waals surface area contributed by atoms with E-state index in [0.29, 0.717) is 17.7 Å². The van der Waals surface area contributed by atoms with Crippen LogP contribution in [0.2, 0.25) is 0 Å². The zero-order valence-corrected chi connectivity index (χ0v) is 11.9. The van der Waals surface area contributed by atoms with Crippen LogP contribution in [0.4, 0.5) is 14.5 Å². The number of alkyl halides is 2. The van der Waals surface area contributed by atoms with Gasteiger partial charge in [0, 0.05) is 20.2 Å². The SMILES string of the molecule is CCc1nn(C)cc1NC(c1ccccc1)C(C)(F)F. The van der Waals surface area contributed by atoms with E-state index in [-0.39, 0.29) is 0 Å². The zero-order chi connectivity index (χ0) is 14.8. The molecule has 1 unspecified atom stereocenters. The summed E-state index contributed by atoms with van der Waals surface area (Å²) in [7, 11) is 1.78. The Balaban J connectivity index is 2.34. The van der Waals surface area contributed by atoms with Crippen LogP contribution in [0.25, 0.3) is 0 Å². The molecule has 3 nitrogen and oxygen atoms in total. The fourth-order valence-corrected chi connectivity index (χ4v) is 2.22. The van der Waals surface area contributed by atoms with Crippen molar-refractivity contribution in [1.29, 1.82) is 0 Å². The van der Waals surface area contributed by atoms with Crippen molar-refractivity contribution < 1.29 is 8.78 Å². The minimum Gasteiger partial charge on any atom is -0.370 e. The van der Waals surface area contributed by atoms with E-state index in [1.807, 2.05) is 13.0 Å². The fraction of sp³-hybridized carbons (Fsp3) is 0.400. The number of nitrogens with zero attached hydrogens (tertiary/aromatic N) is 2. The second kappa shape index (κ2) is 5.61. The fourth-order valence-electron chi connectivity index (χ4n) is 2.22. The van der Waals surface area contributed by atoms with Gasteiger partial charge in [-0.05, 0) is 12.0 Å². The first kappa shape index (κ1) is 14.5. The Morgan fingerprint density at radius 3 is 2.50 bits per heavy atom. The average Bonchev–Trinajstić information content (AvgIpc) is 2.76. The maximum atomic E-state index is 13.9. The second-order valence-electron chi connectivity index (χ2n) is 4.96. The highest BCUT2D eigenvalue weighted by atomic mass is 19.3. The largest absolute Gasteiger partial charge is 0.370 e. The summed E-state index contributed by atoms with van der Waals surface area (Å²) < 4.78 is 29.5. The molecule has 0 saturated carbocycles. The van der Waals surface area contributed by atoms with Crippen LogP contribution in [0.15, 0.2) is 36.5 Å². The topological polar surface area (TPSA) is 29.9 Å². The van der Waals surface area contributed by atoms with Crippen molar-refractivity contribution in [3.8, 4) is 0 Å². The maximum Gasteiger partial charge on any atom is 0.269 e. The predicted molar refractivity (Wildman–Crippen MR) is 76.0 cm³/mol. The van der Waals surface area contributed by atoms with E-state index in [1.165, 1.54) is 0 Å². The summed E-state index contributed by atoms with van der Waals surface area (Å²) in [6.07, 6.45) is 2.43. The van der Waals surface area contributed by atoms with Crippen LogP contribution in [-0.2, 0) is 13.5 Å². The van der Waals surface area contributed by atoms with Gasteiger partial charge in [0.05, 0.1) is 11.4 Å². The Kier molecular flexibility index (Phi) is 4.06. The molecule has 0 bridgehead atoms. The van der Waals surface area contributed by atoms with E-state index in [2.05, 4.69) is 10.4 Å². The molecule has 0 saturated heterocycles. The minimum atomic E-state index is -2.87. The van der Waals surface area contributed by atoms with Gasteiger partial charge >= 0.3 is 0 Å². The van der Waals surface area contributed by atoms with Crippen LogP contribution in [0.1, 0.15) is 31.1 Å². The molecule has 0 aliphatic carbocycles. The van der Waals surface area contributed by atoms with E-state index in [0.717, 1.165) is 12.6 Å². The molecule has 1 aromatic carbocycles. The smallest absolute Gasteiger partial charge is 0.269 e. The Bertz CT molecular complexity index is 558. The first-order valence-corrected chi connectivity index (χ1v) is 6.63. The van der Waals surface area contributed by atoms with E-state index in [1.54, 1.807) is 42.2 Å². The van der Waals surface area contributed by atoms with Crippen molar-refractivity contribution in [1.82, 2.24) is 9.78 Å². The van der Waals surface area contributed by atoms with E-state index >= 15 is 0 Å². The molecule has 20 heavy (non-hydrogen) atoms. The van der Waals surface area contributed by atoms with Crippen LogP contribution < -0.4 is 5.32 Å². The third kappa shape index (κ3) is 3.15. The Labute approximate surface area is 117 Å². The molecule has 0 aliphatic heterocycles. The molecular weight excluding hydrogens is 260 g/mol.